The van der Waals surface area contributed by atoms with E-state index in [9.17, 15) is 22.4 Å². The molecule has 0 fully saturated rings. The van der Waals surface area contributed by atoms with Crippen molar-refractivity contribution in [1.82, 2.24) is 0 Å². The van der Waals surface area contributed by atoms with Crippen molar-refractivity contribution in [2.75, 3.05) is 0 Å². The number of carboxylic acids is 1. The van der Waals surface area contributed by atoms with Crippen LogP contribution in [-0.4, -0.2) is 23.4 Å². The average molecular weight is 403 g/mol. The molecule has 1 heterocycles. The minimum atomic E-state index is -4.93. The molecule has 2 aromatic carbocycles. The van der Waals surface area contributed by atoms with E-state index in [0.717, 1.165) is 18.2 Å². The van der Waals surface area contributed by atoms with E-state index in [-0.39, 0.29) is 27.8 Å². The van der Waals surface area contributed by atoms with Gasteiger partial charge in [-0.2, -0.15) is 13.2 Å². The fourth-order valence-electron chi connectivity index (χ4n) is 2.50. The first-order chi connectivity index (χ1) is 12.6. The Morgan fingerprint density at radius 3 is 2.56 bits per heavy atom. The Bertz CT molecular complexity index is 953. The lowest BCUT2D eigenvalue weighted by atomic mass is 10.0. The van der Waals surface area contributed by atoms with Crippen LogP contribution in [0, 0.1) is 12.7 Å². The molecule has 0 bridgehead atoms. The van der Waals surface area contributed by atoms with Gasteiger partial charge in [-0.15, -0.1) is 0 Å². The number of carboxylic acid groups (broad SMARTS) is 1. The predicted molar refractivity (Wildman–Crippen MR) is 88.7 cm³/mol. The van der Waals surface area contributed by atoms with Crippen LogP contribution in [0.5, 0.6) is 17.2 Å². The molecule has 0 spiro atoms. The van der Waals surface area contributed by atoms with Gasteiger partial charge in [0, 0.05) is 17.7 Å². The first-order valence-corrected chi connectivity index (χ1v) is 7.90. The van der Waals surface area contributed by atoms with Crippen LogP contribution in [0.3, 0.4) is 0 Å². The third kappa shape index (κ3) is 3.85. The Labute approximate surface area is 155 Å². The van der Waals surface area contributed by atoms with E-state index >= 15 is 0 Å². The number of benzene rings is 2. The molecular formula is C18H11ClF4O4. The number of hydrogen-bond acceptors (Lipinski definition) is 3. The molecule has 2 aromatic rings. The summed E-state index contributed by atoms with van der Waals surface area (Å²) in [6.07, 6.45) is -6.71. The molecule has 0 saturated carbocycles. The van der Waals surface area contributed by atoms with Gasteiger partial charge in [0.2, 0.25) is 6.10 Å². The molecule has 1 unspecified atom stereocenters. The number of aryl methyl sites for hydroxylation is 1. The topological polar surface area (TPSA) is 55.8 Å². The van der Waals surface area contributed by atoms with Crippen molar-refractivity contribution in [2.45, 2.75) is 19.2 Å². The molecule has 1 atom stereocenters. The first kappa shape index (κ1) is 19.0. The minimum Gasteiger partial charge on any atom is -0.478 e. The van der Waals surface area contributed by atoms with E-state index in [4.69, 9.17) is 26.2 Å². The maximum atomic E-state index is 13.4. The summed E-state index contributed by atoms with van der Waals surface area (Å²) in [6.45, 7) is 1.65. The first-order valence-electron chi connectivity index (χ1n) is 7.52. The van der Waals surface area contributed by atoms with Gasteiger partial charge in [0.1, 0.15) is 23.1 Å². The van der Waals surface area contributed by atoms with E-state index in [0.29, 0.717) is 5.56 Å². The van der Waals surface area contributed by atoms with Crippen LogP contribution in [0.15, 0.2) is 35.9 Å². The molecule has 4 nitrogen and oxygen atoms in total. The Kier molecular flexibility index (Phi) is 4.77. The second-order valence-corrected chi connectivity index (χ2v) is 6.18. The van der Waals surface area contributed by atoms with Crippen molar-refractivity contribution >= 4 is 23.6 Å². The van der Waals surface area contributed by atoms with Crippen LogP contribution in [0.4, 0.5) is 17.6 Å². The second-order valence-electron chi connectivity index (χ2n) is 5.78. The summed E-state index contributed by atoms with van der Waals surface area (Å²) in [5.74, 6) is -2.50. The molecule has 142 valence electrons. The molecule has 1 aliphatic rings. The molecule has 1 aliphatic heterocycles. The predicted octanol–water partition coefficient (Wildman–Crippen LogP) is 5.37. The number of hydrogen-bond donors (Lipinski definition) is 1. The van der Waals surface area contributed by atoms with Crippen molar-refractivity contribution in [2.24, 2.45) is 0 Å². The zero-order chi connectivity index (χ0) is 19.9. The number of fused-ring (bicyclic) bond motifs is 1. The highest BCUT2D eigenvalue weighted by Crippen LogP contribution is 2.42. The van der Waals surface area contributed by atoms with Crippen LogP contribution in [0.25, 0.3) is 6.08 Å². The summed E-state index contributed by atoms with van der Waals surface area (Å²) < 4.78 is 63.2. The van der Waals surface area contributed by atoms with Crippen molar-refractivity contribution in [1.29, 1.82) is 0 Å². The zero-order valence-electron chi connectivity index (χ0n) is 13.6. The smallest absolute Gasteiger partial charge is 0.430 e. The summed E-state index contributed by atoms with van der Waals surface area (Å²) in [6, 6.07) is 6.13. The molecule has 0 saturated heterocycles. The SMILES string of the molecule is Cc1ccc(F)cc1Oc1cc2c(cc1Cl)C=C(C(=O)O)C(C(F)(F)F)O2. The van der Waals surface area contributed by atoms with Crippen LogP contribution in [0.2, 0.25) is 5.02 Å². The zero-order valence-corrected chi connectivity index (χ0v) is 14.4. The molecular weight excluding hydrogens is 392 g/mol. The number of ether oxygens (including phenoxy) is 2. The lowest BCUT2D eigenvalue weighted by molar-refractivity contribution is -0.187. The Hall–Kier alpha value is -2.74. The summed E-state index contributed by atoms with van der Waals surface area (Å²) >= 11 is 6.08. The van der Waals surface area contributed by atoms with Crippen LogP contribution >= 0.6 is 11.6 Å². The van der Waals surface area contributed by atoms with Crippen LogP contribution < -0.4 is 9.47 Å². The molecule has 1 N–H and O–H groups in total. The van der Waals surface area contributed by atoms with E-state index in [1.807, 2.05) is 0 Å². The Morgan fingerprint density at radius 2 is 1.93 bits per heavy atom. The van der Waals surface area contributed by atoms with Gasteiger partial charge in [-0.1, -0.05) is 17.7 Å². The fraction of sp³-hybridized carbons (Fsp3) is 0.167. The lowest BCUT2D eigenvalue weighted by Crippen LogP contribution is -2.40. The average Bonchev–Trinajstić information content (AvgIpc) is 2.56. The van der Waals surface area contributed by atoms with E-state index in [1.54, 1.807) is 6.92 Å². The van der Waals surface area contributed by atoms with Gasteiger partial charge in [0.05, 0.1) is 10.6 Å². The normalized spacial score (nSPS) is 16.2. The number of alkyl halides is 3. The standard InChI is InChI=1S/C18H11ClF4O4/c1-8-2-3-10(20)6-13(8)26-15-7-14-9(5-12(15)19)4-11(17(24)25)16(27-14)18(21,22)23/h2-7,16H,1H3,(H,24,25). The highest BCUT2D eigenvalue weighted by Gasteiger charge is 2.48. The summed E-state index contributed by atoms with van der Waals surface area (Å²) in [4.78, 5) is 11.1. The van der Waals surface area contributed by atoms with E-state index in [1.165, 1.54) is 18.2 Å². The maximum Gasteiger partial charge on any atom is 0.430 e. The summed E-state index contributed by atoms with van der Waals surface area (Å²) in [5, 5.41) is 9.02. The van der Waals surface area contributed by atoms with Gasteiger partial charge in [-0.3, -0.25) is 0 Å². The highest BCUT2D eigenvalue weighted by molar-refractivity contribution is 6.32. The van der Waals surface area contributed by atoms with Gasteiger partial charge in [0.15, 0.2) is 0 Å². The van der Waals surface area contributed by atoms with Crippen LogP contribution in [0.1, 0.15) is 11.1 Å². The van der Waals surface area contributed by atoms with E-state index in [2.05, 4.69) is 0 Å². The molecule has 0 amide bonds. The van der Waals surface area contributed by atoms with Crippen molar-refractivity contribution < 1.29 is 36.9 Å². The number of carbonyl (C=O) groups is 1. The lowest BCUT2D eigenvalue weighted by Gasteiger charge is -2.27. The molecule has 9 heteroatoms. The van der Waals surface area contributed by atoms with Crippen molar-refractivity contribution in [3.8, 4) is 17.2 Å². The molecule has 27 heavy (non-hydrogen) atoms. The Balaban J connectivity index is 2.04. The number of rotatable bonds is 3. The largest absolute Gasteiger partial charge is 0.478 e. The number of aliphatic carboxylic acids is 1. The van der Waals surface area contributed by atoms with Crippen LogP contribution in [-0.2, 0) is 4.79 Å². The molecule has 3 rings (SSSR count). The monoisotopic (exact) mass is 402 g/mol. The van der Waals surface area contributed by atoms with Gasteiger partial charge in [-0.05, 0) is 30.7 Å². The molecule has 0 radical (unpaired) electrons. The quantitative estimate of drug-likeness (QED) is 0.701. The summed E-state index contributed by atoms with van der Waals surface area (Å²) in [7, 11) is 0. The minimum absolute atomic E-state index is 0.00698. The Morgan fingerprint density at radius 1 is 1.22 bits per heavy atom. The molecule has 0 aromatic heterocycles. The van der Waals surface area contributed by atoms with Gasteiger partial charge in [-0.25, -0.2) is 9.18 Å². The summed E-state index contributed by atoms with van der Waals surface area (Å²) in [5.41, 5.74) is -0.325. The van der Waals surface area contributed by atoms with Gasteiger partial charge in [0.25, 0.3) is 0 Å². The van der Waals surface area contributed by atoms with Gasteiger partial charge < -0.3 is 14.6 Å². The van der Waals surface area contributed by atoms with Gasteiger partial charge >= 0.3 is 12.1 Å². The highest BCUT2D eigenvalue weighted by atomic mass is 35.5. The maximum absolute atomic E-state index is 13.4. The second kappa shape index (κ2) is 6.77. The van der Waals surface area contributed by atoms with Crippen molar-refractivity contribution in [3.63, 3.8) is 0 Å². The number of halogens is 5. The third-order valence-corrected chi connectivity index (χ3v) is 4.11. The molecule has 0 aliphatic carbocycles. The third-order valence-electron chi connectivity index (χ3n) is 3.82. The fourth-order valence-corrected chi connectivity index (χ4v) is 2.71. The van der Waals surface area contributed by atoms with E-state index < -0.39 is 29.6 Å². The van der Waals surface area contributed by atoms with Crippen molar-refractivity contribution in [3.05, 3.63) is 57.9 Å².